The van der Waals surface area contributed by atoms with Crippen LogP contribution in [0.3, 0.4) is 0 Å². The first-order chi connectivity index (χ1) is 6.91. The summed E-state index contributed by atoms with van der Waals surface area (Å²) in [6, 6.07) is 6.48. The predicted molar refractivity (Wildman–Crippen MR) is 68.7 cm³/mol. The van der Waals surface area contributed by atoms with Crippen molar-refractivity contribution >= 4 is 28.6 Å². The van der Waals surface area contributed by atoms with Gasteiger partial charge in [-0.1, -0.05) is 0 Å². The molecule has 0 saturated carbocycles. The monoisotopic (exact) mass is 264 g/mol. The van der Waals surface area contributed by atoms with Crippen molar-refractivity contribution in [3.05, 3.63) is 29.5 Å². The van der Waals surface area contributed by atoms with Gasteiger partial charge in [-0.05, 0) is 0 Å². The van der Waals surface area contributed by atoms with E-state index in [-0.39, 0.29) is 0 Å². The van der Waals surface area contributed by atoms with Crippen LogP contribution in [-0.4, -0.2) is 13.3 Å². The van der Waals surface area contributed by atoms with Crippen molar-refractivity contribution in [2.24, 2.45) is 0 Å². The van der Waals surface area contributed by atoms with Crippen LogP contribution in [0.5, 0.6) is 0 Å². The summed E-state index contributed by atoms with van der Waals surface area (Å²) in [5, 5.41) is 1.38. The van der Waals surface area contributed by atoms with Crippen LogP contribution in [0.25, 0.3) is 11.0 Å². The molecule has 1 heterocycles. The van der Waals surface area contributed by atoms with Gasteiger partial charge in [-0.25, -0.2) is 0 Å². The van der Waals surface area contributed by atoms with Crippen LogP contribution < -0.4 is 4.40 Å². The van der Waals surface area contributed by atoms with Gasteiger partial charge in [0.25, 0.3) is 0 Å². The van der Waals surface area contributed by atoms with Crippen LogP contribution in [0.4, 0.5) is 0 Å². The molecule has 0 saturated heterocycles. The molecule has 1 aromatic carbocycles. The summed E-state index contributed by atoms with van der Waals surface area (Å²) in [5.41, 5.74) is 2.38. The first-order valence-corrected chi connectivity index (χ1v) is 12.7. The van der Waals surface area contributed by atoms with Crippen molar-refractivity contribution < 1.29 is 4.42 Å². The Morgan fingerprint density at radius 3 is 2.33 bits per heavy atom. The zero-order chi connectivity index (χ0) is 11.2. The molecule has 0 radical (unpaired) electrons. The second-order valence-electron chi connectivity index (χ2n) is 5.21. The van der Waals surface area contributed by atoms with Crippen LogP contribution in [0.15, 0.2) is 22.6 Å². The van der Waals surface area contributed by atoms with Crippen LogP contribution >= 0.6 is 0 Å². The molecule has 0 fully saturated rings. The molecular weight excluding hydrogens is 245 g/mol. The molecule has 0 bridgehead atoms. The van der Waals surface area contributed by atoms with Crippen LogP contribution in [0.2, 0.25) is 17.3 Å². The van der Waals surface area contributed by atoms with Crippen molar-refractivity contribution in [1.82, 2.24) is 0 Å². The third-order valence-electron chi connectivity index (χ3n) is 3.00. The summed E-state index contributed by atoms with van der Waals surface area (Å²) in [6.07, 6.45) is 0. The molecule has 2 heteroatoms. The average molecular weight is 263 g/mol. The van der Waals surface area contributed by atoms with Gasteiger partial charge in [0.05, 0.1) is 0 Å². The van der Waals surface area contributed by atoms with E-state index in [4.69, 9.17) is 4.42 Å². The number of aryl methyl sites for hydroxylation is 2. The number of hydrogen-bond acceptors (Lipinski definition) is 1. The van der Waals surface area contributed by atoms with E-state index in [1.165, 1.54) is 10.9 Å². The number of benzene rings is 1. The molecule has 0 N–H and O–H groups in total. The SMILES string of the molecule is Cc1oc2ccc[c]([Ge]([CH3])([CH3])[CH3])c2c1C. The summed E-state index contributed by atoms with van der Waals surface area (Å²) >= 11 is -1.78. The van der Waals surface area contributed by atoms with Crippen molar-refractivity contribution in [3.8, 4) is 0 Å². The molecule has 1 nitrogen and oxygen atoms in total. The second-order valence-corrected chi connectivity index (χ2v) is 15.8. The first kappa shape index (κ1) is 10.8. The fraction of sp³-hybridized carbons (Fsp3) is 0.385. The van der Waals surface area contributed by atoms with Crippen LogP contribution in [-0.2, 0) is 0 Å². The zero-order valence-electron chi connectivity index (χ0n) is 10.1. The van der Waals surface area contributed by atoms with E-state index in [1.54, 1.807) is 4.40 Å². The second kappa shape index (κ2) is 3.41. The molecule has 0 aliphatic carbocycles. The van der Waals surface area contributed by atoms with E-state index in [0.717, 1.165) is 11.3 Å². The van der Waals surface area contributed by atoms with Gasteiger partial charge in [-0.15, -0.1) is 0 Å². The Morgan fingerprint density at radius 2 is 1.73 bits per heavy atom. The van der Waals surface area contributed by atoms with Crippen LogP contribution in [0, 0.1) is 13.8 Å². The van der Waals surface area contributed by atoms with Gasteiger partial charge in [-0.2, -0.15) is 0 Å². The number of hydrogen-bond donors (Lipinski definition) is 0. The Hall–Kier alpha value is -0.697. The maximum atomic E-state index is 5.76. The minimum atomic E-state index is -1.78. The summed E-state index contributed by atoms with van der Waals surface area (Å²) in [7, 11) is 0. The van der Waals surface area contributed by atoms with Gasteiger partial charge < -0.3 is 0 Å². The van der Waals surface area contributed by atoms with Gasteiger partial charge in [-0.3, -0.25) is 0 Å². The number of furan rings is 1. The first-order valence-electron chi connectivity index (χ1n) is 5.40. The predicted octanol–water partition coefficient (Wildman–Crippen LogP) is 3.59. The van der Waals surface area contributed by atoms with Crippen molar-refractivity contribution in [2.45, 2.75) is 31.1 Å². The van der Waals surface area contributed by atoms with E-state index in [2.05, 4.69) is 49.3 Å². The standard InChI is InChI=1S/C13H18GeO/c1-9-10(2)15-12-8-6-7-11(13(9)12)14(3,4)5/h6-8H,1-5H3. The zero-order valence-corrected chi connectivity index (χ0v) is 12.2. The van der Waals surface area contributed by atoms with E-state index >= 15 is 0 Å². The number of rotatable bonds is 1. The quantitative estimate of drug-likeness (QED) is 0.716. The molecule has 2 aromatic rings. The molecular formula is C13H18GeO. The topological polar surface area (TPSA) is 13.1 Å². The summed E-state index contributed by atoms with van der Waals surface area (Å²) < 4.78 is 7.32. The average Bonchev–Trinajstić information content (AvgIpc) is 2.41. The van der Waals surface area contributed by atoms with E-state index in [0.29, 0.717) is 0 Å². The molecule has 80 valence electrons. The fourth-order valence-corrected chi connectivity index (χ4v) is 5.52. The summed E-state index contributed by atoms with van der Waals surface area (Å²) in [5.74, 6) is 8.34. The normalized spacial score (nSPS) is 12.3. The molecule has 0 unspecified atom stereocenters. The fourth-order valence-electron chi connectivity index (χ4n) is 2.05. The van der Waals surface area contributed by atoms with Gasteiger partial charge in [0.1, 0.15) is 0 Å². The third-order valence-corrected chi connectivity index (χ3v) is 7.27. The Labute approximate surface area is 93.8 Å². The molecule has 0 aliphatic heterocycles. The molecule has 0 atom stereocenters. The Bertz CT molecular complexity index is 503. The van der Waals surface area contributed by atoms with E-state index < -0.39 is 13.3 Å². The van der Waals surface area contributed by atoms with Gasteiger partial charge in [0.15, 0.2) is 0 Å². The Morgan fingerprint density at radius 1 is 1.07 bits per heavy atom. The Kier molecular flexibility index (Phi) is 2.46. The summed E-state index contributed by atoms with van der Waals surface area (Å²) in [6.45, 7) is 4.22. The number of fused-ring (bicyclic) bond motifs is 1. The van der Waals surface area contributed by atoms with Gasteiger partial charge >= 0.3 is 93.7 Å². The molecule has 15 heavy (non-hydrogen) atoms. The van der Waals surface area contributed by atoms with Crippen molar-refractivity contribution in [1.29, 1.82) is 0 Å². The van der Waals surface area contributed by atoms with Crippen LogP contribution in [0.1, 0.15) is 11.3 Å². The molecule has 0 amide bonds. The van der Waals surface area contributed by atoms with Crippen molar-refractivity contribution in [2.75, 3.05) is 0 Å². The third kappa shape index (κ3) is 1.73. The molecule has 0 spiro atoms. The van der Waals surface area contributed by atoms with Gasteiger partial charge in [0.2, 0.25) is 0 Å². The Balaban J connectivity index is 2.86. The molecule has 2 rings (SSSR count). The minimum absolute atomic E-state index is 1.06. The molecule has 1 aromatic heterocycles. The molecule has 0 aliphatic rings. The van der Waals surface area contributed by atoms with Crippen molar-refractivity contribution in [3.63, 3.8) is 0 Å². The van der Waals surface area contributed by atoms with E-state index in [1.807, 2.05) is 0 Å². The van der Waals surface area contributed by atoms with Gasteiger partial charge in [0, 0.05) is 0 Å². The van der Waals surface area contributed by atoms with E-state index in [9.17, 15) is 0 Å². The summed E-state index contributed by atoms with van der Waals surface area (Å²) in [4.78, 5) is 0. The maximum absolute atomic E-state index is 5.76.